The number of alkyl halides is 1. The van der Waals surface area contributed by atoms with Crippen LogP contribution >= 0.6 is 11.6 Å². The van der Waals surface area contributed by atoms with E-state index in [0.717, 1.165) is 35.8 Å². The fourth-order valence-corrected chi connectivity index (χ4v) is 8.30. The van der Waals surface area contributed by atoms with E-state index >= 15 is 0 Å². The number of likely N-dealkylation sites (N-methyl/N-ethyl adjacent to an activating group) is 1. The van der Waals surface area contributed by atoms with E-state index in [1.165, 1.54) is 20.1 Å². The molecule has 2 fully saturated rings. The summed E-state index contributed by atoms with van der Waals surface area (Å²) < 4.78 is 28.6. The van der Waals surface area contributed by atoms with E-state index in [1.54, 1.807) is 41.5 Å². The van der Waals surface area contributed by atoms with E-state index in [9.17, 15) is 24.0 Å². The smallest absolute Gasteiger partial charge is 0.415 e. The van der Waals surface area contributed by atoms with Gasteiger partial charge in [0.15, 0.2) is 11.5 Å². The second kappa shape index (κ2) is 20.1. The number of carbonyl (C=O) groups is 5. The monoisotopic (exact) mass is 863 g/mol. The minimum Gasteiger partial charge on any atom is -0.493 e. The van der Waals surface area contributed by atoms with Crippen molar-refractivity contribution < 1.29 is 47.7 Å². The number of anilines is 2. The molecule has 16 heteroatoms. The first-order valence-electron chi connectivity index (χ1n) is 21.0. The molecule has 0 spiro atoms. The molecule has 3 aromatic rings. The Hall–Kier alpha value is -5.28. The van der Waals surface area contributed by atoms with Crippen molar-refractivity contribution in [2.45, 2.75) is 83.8 Å². The van der Waals surface area contributed by atoms with Gasteiger partial charge in [-0.05, 0) is 76.9 Å². The summed E-state index contributed by atoms with van der Waals surface area (Å²) in [5, 5.41) is 4.44. The van der Waals surface area contributed by atoms with Crippen molar-refractivity contribution in [2.75, 3.05) is 82.7 Å². The number of hydrogen-bond acceptors (Lipinski definition) is 11. The lowest BCUT2D eigenvalue weighted by molar-refractivity contribution is -0.142. The molecule has 2 saturated heterocycles. The van der Waals surface area contributed by atoms with Gasteiger partial charge in [-0.15, -0.1) is 11.6 Å². The van der Waals surface area contributed by atoms with Gasteiger partial charge in [0, 0.05) is 81.9 Å². The van der Waals surface area contributed by atoms with E-state index in [2.05, 4.69) is 10.2 Å². The van der Waals surface area contributed by atoms with Crippen molar-refractivity contribution in [3.63, 3.8) is 0 Å². The number of unbranched alkanes of at least 4 members (excludes halogenated alkanes) is 2. The van der Waals surface area contributed by atoms with E-state index in [4.69, 9.17) is 35.3 Å². The average Bonchev–Trinajstić information content (AvgIpc) is 3.85. The molecule has 0 radical (unpaired) electrons. The van der Waals surface area contributed by atoms with Gasteiger partial charge in [-0.2, -0.15) is 0 Å². The highest BCUT2D eigenvalue weighted by Gasteiger charge is 2.36. The highest BCUT2D eigenvalue weighted by Crippen LogP contribution is 2.46. The summed E-state index contributed by atoms with van der Waals surface area (Å²) in [6.07, 6.45) is 2.43. The molecule has 6 rings (SSSR count). The molecule has 0 bridgehead atoms. The first kappa shape index (κ1) is 45.3. The number of fused-ring (bicyclic) bond motifs is 3. The van der Waals surface area contributed by atoms with Gasteiger partial charge in [0.1, 0.15) is 18.0 Å². The number of esters is 1. The van der Waals surface area contributed by atoms with Crippen LogP contribution in [-0.2, 0) is 19.1 Å². The van der Waals surface area contributed by atoms with E-state index in [-0.39, 0.29) is 54.7 Å². The Morgan fingerprint density at radius 3 is 2.33 bits per heavy atom. The summed E-state index contributed by atoms with van der Waals surface area (Å²) in [6, 6.07) is 12.4. The zero-order chi connectivity index (χ0) is 43.8. The number of ether oxygens (including phenoxy) is 5. The fourth-order valence-electron chi connectivity index (χ4n) is 8.05. The number of hydrogen-bond donors (Lipinski definition) is 1. The van der Waals surface area contributed by atoms with Gasteiger partial charge in [-0.3, -0.25) is 19.7 Å². The predicted octanol–water partition coefficient (Wildman–Crippen LogP) is 7.42. The zero-order valence-corrected chi connectivity index (χ0v) is 36.8. The zero-order valence-electron chi connectivity index (χ0n) is 36.1. The third-order valence-corrected chi connectivity index (χ3v) is 11.5. The Bertz CT molecular complexity index is 2100. The van der Waals surface area contributed by atoms with E-state index in [0.29, 0.717) is 80.7 Å². The molecule has 0 aromatic heterocycles. The van der Waals surface area contributed by atoms with Gasteiger partial charge in [-0.1, -0.05) is 24.3 Å². The van der Waals surface area contributed by atoms with Crippen molar-refractivity contribution in [2.24, 2.45) is 0 Å². The number of amides is 4. The van der Waals surface area contributed by atoms with Gasteiger partial charge < -0.3 is 43.3 Å². The second-order valence-electron chi connectivity index (χ2n) is 16.8. The van der Waals surface area contributed by atoms with Crippen molar-refractivity contribution in [3.8, 4) is 17.2 Å². The minimum absolute atomic E-state index is 0.0470. The van der Waals surface area contributed by atoms with Gasteiger partial charge in [0.25, 0.3) is 5.91 Å². The molecule has 15 nitrogen and oxygen atoms in total. The molecule has 1 N–H and O–H groups in total. The molecule has 3 aliphatic rings. The number of benzene rings is 3. The summed E-state index contributed by atoms with van der Waals surface area (Å²) in [5.74, 6) is 0.456. The molecule has 0 saturated carbocycles. The van der Waals surface area contributed by atoms with Crippen molar-refractivity contribution >= 4 is 63.7 Å². The Labute approximate surface area is 362 Å². The number of halogens is 1. The van der Waals surface area contributed by atoms with Gasteiger partial charge in [-0.25, -0.2) is 9.59 Å². The summed E-state index contributed by atoms with van der Waals surface area (Å²) in [5.41, 5.74) is 1.28. The third-order valence-electron chi connectivity index (χ3n) is 11.2. The Morgan fingerprint density at radius 1 is 0.902 bits per heavy atom. The molecule has 3 aromatic carbocycles. The lowest BCUT2D eigenvalue weighted by atomic mass is 9.95. The van der Waals surface area contributed by atoms with Crippen LogP contribution in [0.2, 0.25) is 0 Å². The Kier molecular flexibility index (Phi) is 14.9. The highest BCUT2D eigenvalue weighted by atomic mass is 35.5. The Balaban J connectivity index is 1.10. The van der Waals surface area contributed by atoms with Gasteiger partial charge in [0.2, 0.25) is 5.91 Å². The van der Waals surface area contributed by atoms with Crippen LogP contribution in [0.25, 0.3) is 10.8 Å². The minimum atomic E-state index is -0.786. The van der Waals surface area contributed by atoms with E-state index < -0.39 is 23.8 Å². The van der Waals surface area contributed by atoms with Crippen LogP contribution in [0, 0.1) is 0 Å². The maximum absolute atomic E-state index is 14.0. The number of methoxy groups -OCH3 is 1. The molecular formula is C45H58ClN5O10. The molecule has 3 aliphatic heterocycles. The number of nitrogens with one attached hydrogen (secondary N) is 1. The van der Waals surface area contributed by atoms with Crippen LogP contribution in [0.4, 0.5) is 21.0 Å². The molecule has 330 valence electrons. The van der Waals surface area contributed by atoms with Crippen molar-refractivity contribution in [1.29, 1.82) is 0 Å². The van der Waals surface area contributed by atoms with Crippen LogP contribution in [-0.4, -0.2) is 129 Å². The van der Waals surface area contributed by atoms with Crippen LogP contribution in [0.3, 0.4) is 0 Å². The summed E-state index contributed by atoms with van der Waals surface area (Å²) in [4.78, 5) is 72.9. The normalized spacial score (nSPS) is 17.9. The highest BCUT2D eigenvalue weighted by molar-refractivity contribution is 6.19. The quantitative estimate of drug-likeness (QED) is 0.0978. The lowest BCUT2D eigenvalue weighted by Gasteiger charge is -2.31. The summed E-state index contributed by atoms with van der Waals surface area (Å²) >= 11 is 6.50. The van der Waals surface area contributed by atoms with Gasteiger partial charge >= 0.3 is 18.2 Å². The average molecular weight is 864 g/mol. The molecule has 4 amide bonds. The SMILES string of the molecule is COc1cc(C(=O)N2CCC[C@H]2COC(C)=O)c(NC(=O)OC(C)(C)C)cc1OCCCCCC(=O)N1CC(CCl)c2c1cc(OC(=O)N1CCN(C)CC1)c1ccccc21. The van der Waals surface area contributed by atoms with Crippen molar-refractivity contribution in [3.05, 3.63) is 53.6 Å². The third kappa shape index (κ3) is 11.2. The lowest BCUT2D eigenvalue weighted by Crippen LogP contribution is -2.48. The molecule has 2 atom stereocenters. The number of carbonyl (C=O) groups excluding carboxylic acids is 5. The standard InChI is InChI=1S/C45H58ClN5O10/c1-29(52)59-28-31-13-12-17-50(31)42(54)34-23-38(57-6)39(24-35(34)47-43(55)61-45(2,3)4)58-22-11-7-8-16-40(53)51-27-30(26-46)41-33-15-10-9-14-32(33)37(25-36(41)51)60-44(56)49-20-18-48(5)19-21-49/h9-10,14-15,23-25,30-31H,7-8,11-13,16-22,26-28H2,1-6H3,(H,47,55)/t30?,31-/m0/s1. The first-order valence-corrected chi connectivity index (χ1v) is 21.6. The second-order valence-corrected chi connectivity index (χ2v) is 17.1. The topological polar surface area (TPSA) is 156 Å². The molecule has 61 heavy (non-hydrogen) atoms. The summed E-state index contributed by atoms with van der Waals surface area (Å²) in [6.45, 7) is 10.5. The van der Waals surface area contributed by atoms with Gasteiger partial charge in [0.05, 0.1) is 36.7 Å². The van der Waals surface area contributed by atoms with Crippen LogP contribution < -0.4 is 24.4 Å². The Morgan fingerprint density at radius 2 is 1.64 bits per heavy atom. The number of nitrogens with zero attached hydrogens (tertiary/aromatic N) is 4. The molecule has 1 unspecified atom stereocenters. The molecular weight excluding hydrogens is 806 g/mol. The molecule has 3 heterocycles. The summed E-state index contributed by atoms with van der Waals surface area (Å²) in [7, 11) is 3.50. The maximum atomic E-state index is 14.0. The number of likely N-dealkylation sites (tertiary alicyclic amines) is 1. The largest absolute Gasteiger partial charge is 0.493 e. The maximum Gasteiger partial charge on any atom is 0.415 e. The fraction of sp³-hybridized carbons (Fsp3) is 0.533. The first-order chi connectivity index (χ1) is 29.2. The number of piperazine rings is 1. The van der Waals surface area contributed by atoms with E-state index in [1.807, 2.05) is 37.4 Å². The number of rotatable bonds is 14. The predicted molar refractivity (Wildman–Crippen MR) is 232 cm³/mol. The van der Waals surface area contributed by atoms with Crippen LogP contribution in [0.5, 0.6) is 17.2 Å². The van der Waals surface area contributed by atoms with Crippen molar-refractivity contribution in [1.82, 2.24) is 14.7 Å². The van der Waals surface area contributed by atoms with Crippen LogP contribution in [0.15, 0.2) is 42.5 Å². The van der Waals surface area contributed by atoms with Crippen LogP contribution in [0.1, 0.15) is 88.1 Å². The molecule has 0 aliphatic carbocycles.